The molecule has 0 amide bonds. The summed E-state index contributed by atoms with van der Waals surface area (Å²) in [6.45, 7) is 15.1. The Labute approximate surface area is 675 Å². The van der Waals surface area contributed by atoms with Crippen LogP contribution in [0, 0.1) is 31.1 Å². The van der Waals surface area contributed by atoms with Crippen LogP contribution >= 0.6 is 45.2 Å². The number of anilines is 7. The van der Waals surface area contributed by atoms with Gasteiger partial charge in [0.15, 0.2) is 39.3 Å². The van der Waals surface area contributed by atoms with E-state index >= 15 is 0 Å². The van der Waals surface area contributed by atoms with Gasteiger partial charge < -0.3 is 83.0 Å². The molecule has 3 saturated heterocycles. The second kappa shape index (κ2) is 35.1. The van der Waals surface area contributed by atoms with E-state index in [0.717, 1.165) is 126 Å². The Hall–Kier alpha value is -10.5. The number of hydrogen-bond donors (Lipinski definition) is 11. The lowest BCUT2D eigenvalue weighted by Crippen LogP contribution is -2.44. The number of aromatic nitrogens is 19. The third-order valence-electron chi connectivity index (χ3n) is 20.4. The van der Waals surface area contributed by atoms with Gasteiger partial charge in [0.25, 0.3) is 18.0 Å². The first-order valence-electron chi connectivity index (χ1n) is 36.8. The van der Waals surface area contributed by atoms with E-state index < -0.39 is 19.3 Å². The summed E-state index contributed by atoms with van der Waals surface area (Å²) in [6, 6.07) is 17.4. The molecule has 11 aromatic heterocycles. The van der Waals surface area contributed by atoms with Crippen molar-refractivity contribution in [3.05, 3.63) is 87.3 Å². The molecule has 0 atom stereocenters. The minimum Gasteiger partial charge on any atom is -0.475 e. The number of nitrogens with two attached hydrogens (primary N) is 7. The first-order chi connectivity index (χ1) is 54.6. The zero-order valence-electron chi connectivity index (χ0n) is 62.6. The molecule has 14 heterocycles. The number of fused-ring (bicyclic) bond motifs is 7. The maximum Gasteiger partial charge on any atom is 0.494 e. The van der Waals surface area contributed by atoms with Gasteiger partial charge in [0.2, 0.25) is 0 Å². The van der Waals surface area contributed by atoms with Crippen LogP contribution in [0.5, 0.6) is 0 Å². The van der Waals surface area contributed by atoms with Gasteiger partial charge in [-0.3, -0.25) is 5.10 Å². The molecular weight excluding hydrogens is 1710 g/mol. The number of nitrogens with zero attached hydrogens (tertiary/aromatic N) is 18. The molecule has 0 radical (unpaired) electrons. The summed E-state index contributed by atoms with van der Waals surface area (Å²) in [4.78, 5) is 54.5. The first-order valence-corrected chi connectivity index (χ1v) is 38.9. The standard InChI is InChI=1S/C17H17N7O.C16H16N8O.C13H17BN2O3.C10H12IN5.C5H4IN5.C5H10O.C4H8O.C2HF3O2/c18-15-13-14(10-4-5-12-11(6-10)22-17(19)25-12)23-24(7-9-2-1-3-9)16(13)21-8-20-15;17-14-12-13(9-1-2-11-10(3-9)22-16(18)25-11)23-24(6-8-4-19-5-8)15(12)21-7-20-14;1-12(2)13(3,4)19-14(18-12)8-5-6-10-9(7-8)16-11(15)17-10;11-8-7-9(12)13-5-14-10(7)16(15-8)4-6-2-1-3-6;6-3-2-4(7)8-1-9-5(2)11-10-3;6-4-5-2-1-3-5;1-2-4-5-3-1;3-2(4,5)1(6)7/h4-6,8-9H,1-3,7H2,(H2,19,22)(H2,18,20,21);1-3,7-8,19H,4-6H2,(H2,18,22)(H2,17,20,21);5-7H,1-4H3,(H2,15,16);5-6H,1-4H2,(H2,12,13,14);1H,(H3,7,8,9,10,11);5-6H,1-4H2;1-4H2;(H,6,7). The maximum absolute atomic E-state index is 10.6. The highest BCUT2D eigenvalue weighted by Gasteiger charge is 2.52. The van der Waals surface area contributed by atoms with Crippen LogP contribution in [-0.2, 0) is 38.5 Å². The Balaban J connectivity index is 0.000000120. The van der Waals surface area contributed by atoms with Gasteiger partial charge in [-0.2, -0.15) is 48.5 Å². The number of oxazole rings is 3. The predicted molar refractivity (Wildman–Crippen MR) is 439 cm³/mol. The molecule has 600 valence electrons. The number of aliphatic hydroxyl groups excluding tert-OH is 1. The van der Waals surface area contributed by atoms with Gasteiger partial charge in [-0.1, -0.05) is 25.3 Å². The van der Waals surface area contributed by atoms with Crippen LogP contribution in [0.2, 0.25) is 0 Å². The largest absolute Gasteiger partial charge is 0.494 e. The molecule has 114 heavy (non-hydrogen) atoms. The average Bonchev–Trinajstić information content (AvgIpc) is 1.62. The van der Waals surface area contributed by atoms with Crippen LogP contribution < -0.4 is 50.9 Å². The second-order valence-corrected chi connectivity index (χ2v) is 31.1. The number of carboxylic acid groups (broad SMARTS) is 1. The number of aliphatic hydroxyl groups is 1. The summed E-state index contributed by atoms with van der Waals surface area (Å²) in [5.41, 5.74) is 51.0. The molecule has 18 N–H and O–H groups in total. The number of nitrogens with one attached hydrogen (secondary N) is 2. The van der Waals surface area contributed by atoms with Gasteiger partial charge in [-0.25, -0.2) is 58.7 Å². The zero-order chi connectivity index (χ0) is 80.8. The van der Waals surface area contributed by atoms with Crippen LogP contribution in [0.1, 0.15) is 98.3 Å². The number of aromatic amines is 1. The molecule has 0 bridgehead atoms. The monoisotopic (exact) mass is 1790 g/mol. The molecule has 0 spiro atoms. The van der Waals surface area contributed by atoms with Crippen molar-refractivity contribution in [2.45, 2.75) is 135 Å². The number of hydrogen-bond acceptors (Lipinski definition) is 31. The molecule has 3 aliphatic heterocycles. The van der Waals surface area contributed by atoms with Crippen molar-refractivity contribution in [3.8, 4) is 22.5 Å². The maximum atomic E-state index is 10.6. The lowest BCUT2D eigenvalue weighted by molar-refractivity contribution is -0.192. The van der Waals surface area contributed by atoms with Crippen molar-refractivity contribution in [1.29, 1.82) is 0 Å². The number of aliphatic carboxylic acids is 1. The van der Waals surface area contributed by atoms with Crippen molar-refractivity contribution in [1.82, 2.24) is 99.7 Å². The molecule has 0 unspecified atom stereocenters. The van der Waals surface area contributed by atoms with Gasteiger partial charge in [0, 0.05) is 69.6 Å². The van der Waals surface area contributed by atoms with E-state index in [2.05, 4.69) is 121 Å². The Morgan fingerprint density at radius 1 is 0.544 bits per heavy atom. The van der Waals surface area contributed by atoms with Crippen molar-refractivity contribution in [2.24, 2.45) is 23.7 Å². The van der Waals surface area contributed by atoms with Gasteiger partial charge in [0.1, 0.15) is 83.9 Å². The summed E-state index contributed by atoms with van der Waals surface area (Å²) in [6.07, 6.45) is 14.9. The third kappa shape index (κ3) is 18.8. The third-order valence-corrected chi connectivity index (χ3v) is 22.0. The minimum absolute atomic E-state index is 0.142. The molecule has 6 aliphatic rings. The molecule has 14 aromatic rings. The Morgan fingerprint density at radius 2 is 0.947 bits per heavy atom. The van der Waals surface area contributed by atoms with E-state index in [-0.39, 0.29) is 29.2 Å². The number of carboxylic acids is 1. The minimum atomic E-state index is -5.08. The van der Waals surface area contributed by atoms with Gasteiger partial charge >= 0.3 is 19.3 Å². The van der Waals surface area contributed by atoms with Gasteiger partial charge in [-0.05, 0) is 196 Å². The fraction of sp³-hybridized carbons (Fsp3) is 0.417. The lowest BCUT2D eigenvalue weighted by Gasteiger charge is -2.32. The molecule has 3 aromatic carbocycles. The normalized spacial score (nSPS) is 16.5. The van der Waals surface area contributed by atoms with Crippen LogP contribution in [0.15, 0.2) is 93.2 Å². The Bertz CT molecular complexity index is 5490. The van der Waals surface area contributed by atoms with Crippen molar-refractivity contribution >= 4 is 182 Å². The predicted octanol–water partition coefficient (Wildman–Crippen LogP) is 9.89. The molecule has 36 nitrogen and oxygen atoms in total. The summed E-state index contributed by atoms with van der Waals surface area (Å²) in [5, 5.41) is 42.8. The molecule has 6 fully saturated rings. The molecule has 20 rings (SSSR count). The van der Waals surface area contributed by atoms with Gasteiger partial charge in [0.05, 0.1) is 32.7 Å². The second-order valence-electron chi connectivity index (χ2n) is 29.0. The zero-order valence-corrected chi connectivity index (χ0v) is 66.9. The summed E-state index contributed by atoms with van der Waals surface area (Å²) in [7, 11) is -0.396. The Kier molecular flexibility index (Phi) is 25.0. The fourth-order valence-corrected chi connectivity index (χ4v) is 14.1. The SMILES string of the molecule is C1CCOC1.CC1(C)OB(c2ccc3oc(N)nc3c2)OC1(C)C.Nc1nc2cc(-c3nn(CC4CCC4)c4ncnc(N)c34)ccc2o1.Nc1nc2cc(-c3nn(CC4CNC4)c4ncnc(N)c34)ccc2o1.Nc1ncnc2c1c(I)nn2CC1CCC1.Nc1ncnc2n[nH]c(I)c12.O=C(O)C(F)(F)F.OCC1CCC1. The van der Waals surface area contributed by atoms with Crippen LogP contribution in [0.25, 0.3) is 99.9 Å². The average molecular weight is 1790 g/mol. The van der Waals surface area contributed by atoms with E-state index in [1.807, 2.05) is 96.3 Å². The highest BCUT2D eigenvalue weighted by Crippen LogP contribution is 2.39. The van der Waals surface area contributed by atoms with E-state index in [1.165, 1.54) is 95.9 Å². The number of nitrogen functional groups attached to an aromatic ring is 7. The number of alkyl halides is 3. The number of rotatable bonds is 10. The quantitative estimate of drug-likeness (QED) is 0.0448. The number of carbonyl (C=O) groups is 1. The Morgan fingerprint density at radius 3 is 1.33 bits per heavy atom. The van der Waals surface area contributed by atoms with E-state index in [9.17, 15) is 13.2 Å². The van der Waals surface area contributed by atoms with E-state index in [1.54, 1.807) is 0 Å². The van der Waals surface area contributed by atoms with Crippen molar-refractivity contribution in [3.63, 3.8) is 0 Å². The van der Waals surface area contributed by atoms with E-state index in [0.29, 0.717) is 86.6 Å². The number of H-pyrrole nitrogens is 1. The number of halogens is 5. The molecule has 42 heteroatoms. The van der Waals surface area contributed by atoms with Crippen LogP contribution in [0.3, 0.4) is 0 Å². The molecule has 3 saturated carbocycles. The summed E-state index contributed by atoms with van der Waals surface area (Å²) >= 11 is 4.29. The number of benzene rings is 3. The first kappa shape index (κ1) is 81.5. The lowest BCUT2D eigenvalue weighted by atomic mass is 9.79. The summed E-state index contributed by atoms with van der Waals surface area (Å²) in [5.74, 6) is 1.71. The topological polar surface area (TPSA) is 543 Å². The smallest absolute Gasteiger partial charge is 0.475 e. The van der Waals surface area contributed by atoms with E-state index in [4.69, 9.17) is 92.6 Å². The summed E-state index contributed by atoms with van der Waals surface area (Å²) < 4.78 is 72.2. The molecule has 3 aliphatic carbocycles. The van der Waals surface area contributed by atoms with Gasteiger partial charge in [-0.15, -0.1) is 0 Å². The fourth-order valence-electron chi connectivity index (χ4n) is 12.7. The number of ether oxygens (including phenoxy) is 1. The van der Waals surface area contributed by atoms with Crippen LogP contribution in [0.4, 0.5) is 54.5 Å². The van der Waals surface area contributed by atoms with Crippen molar-refractivity contribution < 1.29 is 55.5 Å². The van der Waals surface area contributed by atoms with Crippen LogP contribution in [-0.4, -0.2) is 168 Å². The molecular formula is C72H85BF3I2N27O9. The highest BCUT2D eigenvalue weighted by molar-refractivity contribution is 14.1. The van der Waals surface area contributed by atoms with Crippen molar-refractivity contribution in [2.75, 3.05) is 73.0 Å². The highest BCUT2D eigenvalue weighted by atomic mass is 127.